The molecule has 0 aromatic heterocycles. The molecule has 20 heavy (non-hydrogen) atoms. The number of piperazine rings is 1. The number of nitrogens with two attached hydrogens (primary N) is 1. The molecule has 1 saturated heterocycles. The van der Waals surface area contributed by atoms with E-state index in [1.54, 1.807) is 17.0 Å². The van der Waals surface area contributed by atoms with Crippen molar-refractivity contribution in [1.29, 1.82) is 0 Å². The second-order valence-corrected chi connectivity index (χ2v) is 5.45. The maximum Gasteiger partial charge on any atom is 0.227 e. The second-order valence-electron chi connectivity index (χ2n) is 4.93. The molecule has 0 spiro atoms. The summed E-state index contributed by atoms with van der Waals surface area (Å²) in [5.41, 5.74) is 6.22. The number of nitrogens with zero attached hydrogens (tertiary/aromatic N) is 2. The van der Waals surface area contributed by atoms with E-state index in [0.29, 0.717) is 30.2 Å². The van der Waals surface area contributed by atoms with Gasteiger partial charge in [-0.1, -0.05) is 24.4 Å². The van der Waals surface area contributed by atoms with Gasteiger partial charge in [-0.25, -0.2) is 4.39 Å². The molecule has 1 aromatic carbocycles. The van der Waals surface area contributed by atoms with Crippen LogP contribution in [0.15, 0.2) is 24.3 Å². The maximum atomic E-state index is 13.1. The van der Waals surface area contributed by atoms with E-state index >= 15 is 0 Å². The van der Waals surface area contributed by atoms with Crippen molar-refractivity contribution >= 4 is 23.1 Å². The molecule has 0 saturated carbocycles. The molecule has 1 aliphatic heterocycles. The molecule has 1 aromatic rings. The number of thiocarbonyl (C=S) groups is 1. The summed E-state index contributed by atoms with van der Waals surface area (Å²) in [6, 6.07) is 6.17. The molecule has 108 valence electrons. The molecule has 1 aliphatic rings. The number of amides is 1. The average Bonchev–Trinajstić information content (AvgIpc) is 2.38. The Labute approximate surface area is 123 Å². The summed E-state index contributed by atoms with van der Waals surface area (Å²) in [5.74, 6) is -0.276. The Bertz CT molecular complexity index is 501. The molecule has 2 rings (SSSR count). The van der Waals surface area contributed by atoms with Crippen molar-refractivity contribution in [2.45, 2.75) is 6.42 Å². The van der Waals surface area contributed by atoms with Crippen molar-refractivity contribution in [3.8, 4) is 0 Å². The van der Waals surface area contributed by atoms with Crippen LogP contribution in [0.4, 0.5) is 4.39 Å². The number of benzene rings is 1. The first kappa shape index (κ1) is 14.9. The van der Waals surface area contributed by atoms with Crippen LogP contribution in [-0.2, 0) is 11.2 Å². The van der Waals surface area contributed by atoms with Gasteiger partial charge in [0.1, 0.15) is 5.82 Å². The Hall–Kier alpha value is -1.53. The van der Waals surface area contributed by atoms with Crippen LogP contribution in [0.5, 0.6) is 0 Å². The van der Waals surface area contributed by atoms with Crippen LogP contribution in [0.3, 0.4) is 0 Å². The van der Waals surface area contributed by atoms with Crippen LogP contribution in [0.2, 0.25) is 0 Å². The summed E-state index contributed by atoms with van der Waals surface area (Å²) in [4.78, 5) is 16.6. The van der Waals surface area contributed by atoms with Gasteiger partial charge in [0, 0.05) is 32.7 Å². The third-order valence-corrected chi connectivity index (χ3v) is 3.48. The standard InChI is InChI=1S/C14H18FN3OS/c15-12-3-1-2-11(8-12)9-14(19)18-6-4-17(5-7-18)10-13(16)20/h1-3,8H,4-7,9-10H2,(H2,16,20). The van der Waals surface area contributed by atoms with Crippen LogP contribution >= 0.6 is 12.2 Å². The SMILES string of the molecule is NC(=S)CN1CCN(C(=O)Cc2cccc(F)c2)CC1. The van der Waals surface area contributed by atoms with Gasteiger partial charge in [-0.3, -0.25) is 9.69 Å². The lowest BCUT2D eigenvalue weighted by atomic mass is 10.1. The van der Waals surface area contributed by atoms with Crippen molar-refractivity contribution in [1.82, 2.24) is 9.80 Å². The van der Waals surface area contributed by atoms with Crippen LogP contribution in [0, 0.1) is 5.82 Å². The van der Waals surface area contributed by atoms with Crippen molar-refractivity contribution in [3.63, 3.8) is 0 Å². The summed E-state index contributed by atoms with van der Waals surface area (Å²) in [5, 5.41) is 0. The lowest BCUT2D eigenvalue weighted by Crippen LogP contribution is -2.50. The molecule has 1 fully saturated rings. The summed E-state index contributed by atoms with van der Waals surface area (Å²) in [7, 11) is 0. The zero-order valence-corrected chi connectivity index (χ0v) is 12.0. The fraction of sp³-hybridized carbons (Fsp3) is 0.429. The van der Waals surface area contributed by atoms with E-state index in [-0.39, 0.29) is 18.1 Å². The lowest BCUT2D eigenvalue weighted by Gasteiger charge is -2.34. The minimum Gasteiger partial charge on any atom is -0.392 e. The van der Waals surface area contributed by atoms with Crippen molar-refractivity contribution in [2.75, 3.05) is 32.7 Å². The van der Waals surface area contributed by atoms with E-state index in [2.05, 4.69) is 4.90 Å². The quantitative estimate of drug-likeness (QED) is 0.835. The zero-order valence-electron chi connectivity index (χ0n) is 11.2. The van der Waals surface area contributed by atoms with Gasteiger partial charge in [0.05, 0.1) is 11.4 Å². The number of carbonyl (C=O) groups excluding carboxylic acids is 1. The van der Waals surface area contributed by atoms with Gasteiger partial charge in [0.25, 0.3) is 0 Å². The molecule has 1 amide bonds. The smallest absolute Gasteiger partial charge is 0.227 e. The van der Waals surface area contributed by atoms with E-state index < -0.39 is 0 Å². The first-order valence-electron chi connectivity index (χ1n) is 6.57. The predicted molar refractivity (Wildman–Crippen MR) is 79.9 cm³/mol. The minimum absolute atomic E-state index is 0.0329. The van der Waals surface area contributed by atoms with E-state index in [1.165, 1.54) is 12.1 Å². The second kappa shape index (κ2) is 6.76. The van der Waals surface area contributed by atoms with Crippen LogP contribution < -0.4 is 5.73 Å². The topological polar surface area (TPSA) is 49.6 Å². The Morgan fingerprint density at radius 1 is 1.30 bits per heavy atom. The Morgan fingerprint density at radius 2 is 2.00 bits per heavy atom. The molecule has 0 aliphatic carbocycles. The normalized spacial score (nSPS) is 16.1. The highest BCUT2D eigenvalue weighted by Gasteiger charge is 2.21. The van der Waals surface area contributed by atoms with Gasteiger partial charge in [-0.05, 0) is 17.7 Å². The third kappa shape index (κ3) is 4.25. The van der Waals surface area contributed by atoms with Gasteiger partial charge >= 0.3 is 0 Å². The summed E-state index contributed by atoms with van der Waals surface area (Å²) in [6.07, 6.45) is 0.243. The fourth-order valence-electron chi connectivity index (χ4n) is 2.31. The van der Waals surface area contributed by atoms with Crippen LogP contribution in [0.1, 0.15) is 5.56 Å². The fourth-order valence-corrected chi connectivity index (χ4v) is 2.49. The monoisotopic (exact) mass is 295 g/mol. The molecule has 0 radical (unpaired) electrons. The molecule has 4 nitrogen and oxygen atoms in total. The van der Waals surface area contributed by atoms with Crippen molar-refractivity contribution < 1.29 is 9.18 Å². The number of rotatable bonds is 4. The first-order chi connectivity index (χ1) is 9.54. The predicted octanol–water partition coefficient (Wildman–Crippen LogP) is 0.798. The van der Waals surface area contributed by atoms with E-state index in [1.807, 2.05) is 0 Å². The molecular weight excluding hydrogens is 277 g/mol. The van der Waals surface area contributed by atoms with Gasteiger partial charge in [0.2, 0.25) is 5.91 Å². The van der Waals surface area contributed by atoms with E-state index in [0.717, 1.165) is 13.1 Å². The molecule has 0 bridgehead atoms. The van der Waals surface area contributed by atoms with Crippen LogP contribution in [0.25, 0.3) is 0 Å². The summed E-state index contributed by atoms with van der Waals surface area (Å²) >= 11 is 4.88. The van der Waals surface area contributed by atoms with Gasteiger partial charge < -0.3 is 10.6 Å². The number of hydrogen-bond acceptors (Lipinski definition) is 3. The highest BCUT2D eigenvalue weighted by Crippen LogP contribution is 2.08. The highest BCUT2D eigenvalue weighted by molar-refractivity contribution is 7.80. The molecule has 0 atom stereocenters. The summed E-state index contributed by atoms with van der Waals surface area (Å²) < 4.78 is 13.1. The van der Waals surface area contributed by atoms with E-state index in [9.17, 15) is 9.18 Å². The highest BCUT2D eigenvalue weighted by atomic mass is 32.1. The maximum absolute atomic E-state index is 13.1. The molecule has 6 heteroatoms. The molecule has 0 unspecified atom stereocenters. The zero-order chi connectivity index (χ0) is 14.5. The Balaban J connectivity index is 1.84. The van der Waals surface area contributed by atoms with Crippen molar-refractivity contribution in [2.24, 2.45) is 5.73 Å². The molecule has 2 N–H and O–H groups in total. The van der Waals surface area contributed by atoms with E-state index in [4.69, 9.17) is 18.0 Å². The lowest BCUT2D eigenvalue weighted by molar-refractivity contribution is -0.132. The summed E-state index contributed by atoms with van der Waals surface area (Å²) in [6.45, 7) is 3.47. The van der Waals surface area contributed by atoms with Crippen molar-refractivity contribution in [3.05, 3.63) is 35.6 Å². The van der Waals surface area contributed by atoms with Gasteiger partial charge in [-0.15, -0.1) is 0 Å². The van der Waals surface area contributed by atoms with Crippen LogP contribution in [-0.4, -0.2) is 53.4 Å². The minimum atomic E-state index is -0.309. The first-order valence-corrected chi connectivity index (χ1v) is 6.98. The molecular formula is C14H18FN3OS. The Morgan fingerprint density at radius 3 is 2.60 bits per heavy atom. The number of halogens is 1. The third-order valence-electron chi connectivity index (χ3n) is 3.35. The average molecular weight is 295 g/mol. The van der Waals surface area contributed by atoms with Gasteiger partial charge in [-0.2, -0.15) is 0 Å². The van der Waals surface area contributed by atoms with Gasteiger partial charge in [0.15, 0.2) is 0 Å². The Kier molecular flexibility index (Phi) is 5.03. The number of hydrogen-bond donors (Lipinski definition) is 1. The number of carbonyl (C=O) groups is 1. The largest absolute Gasteiger partial charge is 0.392 e. The molecule has 1 heterocycles.